The Morgan fingerprint density at radius 1 is 0.833 bits per heavy atom. The van der Waals surface area contributed by atoms with Gasteiger partial charge in [0.1, 0.15) is 0 Å². The summed E-state index contributed by atoms with van der Waals surface area (Å²) in [4.78, 5) is 4.70. The Morgan fingerprint density at radius 3 is 2.23 bits per heavy atom. The second-order valence-electron chi connectivity index (χ2n) is 7.42. The van der Waals surface area contributed by atoms with Crippen molar-refractivity contribution >= 4 is 22.0 Å². The van der Waals surface area contributed by atoms with Crippen LogP contribution in [0.2, 0.25) is 0 Å². The molecular weight excluding hydrogens is 372 g/mol. The lowest BCUT2D eigenvalue weighted by Crippen LogP contribution is -2.40. The first-order chi connectivity index (χ1) is 14.6. The van der Waals surface area contributed by atoms with Crippen LogP contribution in [0.25, 0.3) is 22.0 Å². The van der Waals surface area contributed by atoms with Crippen LogP contribution in [-0.4, -0.2) is 9.67 Å². The molecule has 3 aromatic carbocycles. The van der Waals surface area contributed by atoms with Crippen LogP contribution in [-0.2, 0) is 0 Å². The van der Waals surface area contributed by atoms with Gasteiger partial charge in [-0.2, -0.15) is 0 Å². The molecule has 5 heteroatoms. The Morgan fingerprint density at radius 2 is 1.50 bits per heavy atom. The number of aromatic nitrogens is 3. The van der Waals surface area contributed by atoms with Crippen molar-refractivity contribution < 1.29 is 9.62 Å². The van der Waals surface area contributed by atoms with Crippen LogP contribution >= 0.6 is 0 Å². The largest absolute Gasteiger partial charge is 0.855 e. The monoisotopic (exact) mass is 392 g/mol. The lowest BCUT2D eigenvalue weighted by Gasteiger charge is -2.16. The van der Waals surface area contributed by atoms with Crippen molar-refractivity contribution in [2.75, 3.05) is 0 Å². The van der Waals surface area contributed by atoms with Gasteiger partial charge < -0.3 is 5.11 Å². The van der Waals surface area contributed by atoms with E-state index < -0.39 is 0 Å². The van der Waals surface area contributed by atoms with Crippen LogP contribution in [0.5, 0.6) is 5.88 Å². The summed E-state index contributed by atoms with van der Waals surface area (Å²) in [7, 11) is 0. The Labute approximate surface area is 173 Å². The van der Waals surface area contributed by atoms with Crippen LogP contribution < -0.4 is 15.2 Å². The molecule has 0 fully saturated rings. The summed E-state index contributed by atoms with van der Waals surface area (Å²) in [5, 5.41) is 20.3. The van der Waals surface area contributed by atoms with E-state index in [9.17, 15) is 5.11 Å². The van der Waals surface area contributed by atoms with Crippen LogP contribution in [0.3, 0.4) is 0 Å². The third-order valence-electron chi connectivity index (χ3n) is 5.20. The molecule has 0 saturated heterocycles. The molecule has 0 aliphatic rings. The summed E-state index contributed by atoms with van der Waals surface area (Å²) >= 11 is 0. The molecule has 0 aliphatic heterocycles. The highest BCUT2D eigenvalue weighted by Crippen LogP contribution is 2.23. The summed E-state index contributed by atoms with van der Waals surface area (Å²) in [5.41, 5.74) is 4.61. The number of benzene rings is 3. The fraction of sp³-hybridized carbons (Fsp3) is 0.0800. The summed E-state index contributed by atoms with van der Waals surface area (Å²) in [6.45, 7) is 4.05. The van der Waals surface area contributed by atoms with Crippen molar-refractivity contribution in [1.29, 1.82) is 0 Å². The van der Waals surface area contributed by atoms with E-state index in [1.807, 2.05) is 98.9 Å². The predicted octanol–water partition coefficient (Wildman–Crippen LogP) is 3.69. The Hall–Kier alpha value is -3.99. The van der Waals surface area contributed by atoms with E-state index in [0.717, 1.165) is 33.3 Å². The maximum atomic E-state index is 13.7. The molecule has 0 unspecified atom stereocenters. The third kappa shape index (κ3) is 3.10. The average Bonchev–Trinajstić information content (AvgIpc) is 2.76. The standard InChI is InChI=1S/C25H20N4O/c1-17-7-11-20(12-8-17)26-25-27-28-16-15-19-5-3-4-6-22(19)23(28)24(30)29(25)21-13-9-18(2)10-14-21/h3-16H,1-2H3. The number of pyridine rings is 1. The van der Waals surface area contributed by atoms with Gasteiger partial charge in [-0.25, -0.2) is 4.99 Å². The van der Waals surface area contributed by atoms with Crippen LogP contribution in [0, 0.1) is 13.8 Å². The molecule has 2 aromatic heterocycles. The number of hydrogen-bond acceptors (Lipinski definition) is 3. The summed E-state index contributed by atoms with van der Waals surface area (Å²) in [5.74, 6) is -0.156. The molecule has 5 aromatic rings. The van der Waals surface area contributed by atoms with Crippen molar-refractivity contribution in [2.24, 2.45) is 4.99 Å². The zero-order valence-corrected chi connectivity index (χ0v) is 16.8. The minimum atomic E-state index is -0.156. The topological polar surface area (TPSA) is 57.3 Å². The first kappa shape index (κ1) is 18.1. The van der Waals surface area contributed by atoms with Crippen LogP contribution in [0.15, 0.2) is 90.1 Å². The molecule has 0 bridgehead atoms. The van der Waals surface area contributed by atoms with Crippen LogP contribution in [0.4, 0.5) is 5.69 Å². The molecule has 0 radical (unpaired) electrons. The first-order valence-corrected chi connectivity index (χ1v) is 9.82. The van der Waals surface area contributed by atoms with Crippen molar-refractivity contribution in [2.45, 2.75) is 13.8 Å². The zero-order valence-electron chi connectivity index (χ0n) is 16.8. The van der Waals surface area contributed by atoms with Crippen molar-refractivity contribution in [3.63, 3.8) is 0 Å². The molecule has 2 heterocycles. The maximum Gasteiger partial charge on any atom is 0.300 e. The smallest absolute Gasteiger partial charge is 0.300 e. The molecule has 0 spiro atoms. The third-order valence-corrected chi connectivity index (χ3v) is 5.20. The number of nitrogens with zero attached hydrogens (tertiary/aromatic N) is 4. The Bertz CT molecular complexity index is 1450. The molecule has 146 valence electrons. The maximum absolute atomic E-state index is 13.7. The summed E-state index contributed by atoms with van der Waals surface area (Å²) in [6, 6.07) is 25.5. The zero-order chi connectivity index (χ0) is 20.7. The number of aryl methyl sites for hydroxylation is 2. The number of hydrogen-bond donors (Lipinski definition) is 0. The van der Waals surface area contributed by atoms with E-state index in [2.05, 4.69) is 0 Å². The van der Waals surface area contributed by atoms with Crippen molar-refractivity contribution in [3.05, 3.63) is 102 Å². The molecule has 0 saturated carbocycles. The van der Waals surface area contributed by atoms with E-state index >= 15 is 0 Å². The lowest BCUT2D eigenvalue weighted by atomic mass is 10.1. The fourth-order valence-electron chi connectivity index (χ4n) is 3.57. The highest BCUT2D eigenvalue weighted by molar-refractivity contribution is 5.95. The van der Waals surface area contributed by atoms with Crippen LogP contribution in [0.1, 0.15) is 11.1 Å². The van der Waals surface area contributed by atoms with Crippen molar-refractivity contribution in [3.8, 4) is 11.6 Å². The molecule has 0 amide bonds. The van der Waals surface area contributed by atoms with Gasteiger partial charge in [0.25, 0.3) is 11.1 Å². The Balaban J connectivity index is 1.90. The molecular formula is C25H20N4O. The van der Waals surface area contributed by atoms with Gasteiger partial charge in [0.2, 0.25) is 6.20 Å². The second kappa shape index (κ2) is 7.12. The minimum absolute atomic E-state index is 0.156. The van der Waals surface area contributed by atoms with E-state index in [1.165, 1.54) is 0 Å². The van der Waals surface area contributed by atoms with Gasteiger partial charge in [-0.05, 0) is 54.1 Å². The SMILES string of the molecule is Cc1ccc(N=c2n[n+]3ccc4ccccc4c3c([O-])n2-c2ccc(C)cc2)cc1. The van der Waals surface area contributed by atoms with Crippen molar-refractivity contribution in [1.82, 2.24) is 9.67 Å². The summed E-state index contributed by atoms with van der Waals surface area (Å²) < 4.78 is 3.21. The van der Waals surface area contributed by atoms with Gasteiger partial charge in [-0.1, -0.05) is 53.6 Å². The average molecular weight is 392 g/mol. The van der Waals surface area contributed by atoms with E-state index in [4.69, 9.17) is 10.1 Å². The molecule has 5 rings (SSSR count). The second-order valence-corrected chi connectivity index (χ2v) is 7.42. The van der Waals surface area contributed by atoms with E-state index in [-0.39, 0.29) is 5.88 Å². The minimum Gasteiger partial charge on any atom is -0.855 e. The molecule has 5 nitrogen and oxygen atoms in total. The quantitative estimate of drug-likeness (QED) is 0.340. The predicted molar refractivity (Wildman–Crippen MR) is 115 cm³/mol. The van der Waals surface area contributed by atoms with Gasteiger partial charge in [0, 0.05) is 16.9 Å². The number of rotatable bonds is 2. The normalized spacial score (nSPS) is 12.0. The van der Waals surface area contributed by atoms with Gasteiger partial charge in [0.05, 0.1) is 17.0 Å². The van der Waals surface area contributed by atoms with Gasteiger partial charge in [-0.3, -0.25) is 4.57 Å². The van der Waals surface area contributed by atoms with Gasteiger partial charge in [0.15, 0.2) is 0 Å². The highest BCUT2D eigenvalue weighted by Gasteiger charge is 2.16. The lowest BCUT2D eigenvalue weighted by molar-refractivity contribution is -0.586. The first-order valence-electron chi connectivity index (χ1n) is 9.82. The summed E-state index contributed by atoms with van der Waals surface area (Å²) in [6.07, 6.45) is 1.81. The molecule has 30 heavy (non-hydrogen) atoms. The van der Waals surface area contributed by atoms with E-state index in [0.29, 0.717) is 11.1 Å². The fourth-order valence-corrected chi connectivity index (χ4v) is 3.57. The van der Waals surface area contributed by atoms with Gasteiger partial charge in [-0.15, -0.1) is 0 Å². The van der Waals surface area contributed by atoms with E-state index in [1.54, 1.807) is 9.08 Å². The molecule has 0 atom stereocenters. The Kier molecular flexibility index (Phi) is 4.29. The number of fused-ring (bicyclic) bond motifs is 3. The molecule has 0 aliphatic carbocycles. The molecule has 0 N–H and O–H groups in total. The highest BCUT2D eigenvalue weighted by atomic mass is 16.3. The van der Waals surface area contributed by atoms with Gasteiger partial charge >= 0.3 is 0 Å².